The molecular formula is C35H43F6N5O8. The second-order valence-corrected chi connectivity index (χ2v) is 15.3. The highest BCUT2D eigenvalue weighted by atomic mass is 19.4. The summed E-state index contributed by atoms with van der Waals surface area (Å²) >= 11 is 0. The maximum atomic E-state index is 14.4. The van der Waals surface area contributed by atoms with Crippen molar-refractivity contribution in [2.75, 3.05) is 19.8 Å². The Bertz CT molecular complexity index is 1640. The predicted molar refractivity (Wildman–Crippen MR) is 177 cm³/mol. The van der Waals surface area contributed by atoms with Gasteiger partial charge in [-0.15, -0.1) is 0 Å². The number of nitrogens with zero attached hydrogens (tertiary/aromatic N) is 2. The van der Waals surface area contributed by atoms with E-state index in [-0.39, 0.29) is 37.3 Å². The first kappa shape index (κ1) is 40.8. The zero-order valence-electron chi connectivity index (χ0n) is 30.1. The average molecular weight is 776 g/mol. The van der Waals surface area contributed by atoms with Crippen molar-refractivity contribution < 1.29 is 64.6 Å². The van der Waals surface area contributed by atoms with Gasteiger partial charge in [-0.25, -0.2) is 4.79 Å². The Kier molecular flexibility index (Phi) is 11.6. The molecule has 0 unspecified atom stereocenters. The number of benzene rings is 1. The summed E-state index contributed by atoms with van der Waals surface area (Å²) in [5, 5.41) is 11.6. The second kappa shape index (κ2) is 15.4. The largest absolute Gasteiger partial charge is 0.444 e. The van der Waals surface area contributed by atoms with Crippen LogP contribution in [0.3, 0.4) is 0 Å². The van der Waals surface area contributed by atoms with E-state index >= 15 is 0 Å². The minimum Gasteiger partial charge on any atom is -0.444 e. The van der Waals surface area contributed by atoms with Crippen molar-refractivity contribution in [2.45, 2.75) is 121 Å². The van der Waals surface area contributed by atoms with Crippen LogP contribution in [0, 0.1) is 5.41 Å². The number of alkyl carbamates (subject to hydrolysis) is 1. The Labute approximate surface area is 306 Å². The van der Waals surface area contributed by atoms with E-state index in [0.29, 0.717) is 44.4 Å². The standard InChI is InChI=1S/C35H43F6N5O8/c1-5-6-23(26(47)29(49)42-21-7-8-21)43-28(48)25-15-33(14-24(45-54-33)18-11-19(34(36,37)38)13-20(12-18)35(39,40)41)17-46(25)30(50)27(32(2,3)4)44-31(51)53-22-9-10-52-16-22/h11-13,21-23,25,27H,5-10,14-17H2,1-4H3,(H,42,49)(H,43,48)(H,44,51)/t22-,23-,25-,27+,33-/m0/s1. The molecule has 3 N–H and O–H groups in total. The Morgan fingerprint density at radius 2 is 1.63 bits per heavy atom. The van der Waals surface area contributed by atoms with E-state index in [9.17, 15) is 50.3 Å². The number of Topliss-reactive ketones (excluding diaryl/α,β-unsaturated/α-hetero) is 1. The van der Waals surface area contributed by atoms with Gasteiger partial charge in [-0.2, -0.15) is 26.3 Å². The number of carbonyl (C=O) groups excluding carboxylic acids is 5. The van der Waals surface area contributed by atoms with Gasteiger partial charge in [0.25, 0.3) is 5.91 Å². The number of likely N-dealkylation sites (tertiary alicyclic amines) is 1. The molecule has 0 bridgehead atoms. The summed E-state index contributed by atoms with van der Waals surface area (Å²) in [6.45, 7) is 6.75. The number of ether oxygens (including phenoxy) is 2. The highest BCUT2D eigenvalue weighted by Crippen LogP contribution is 2.42. The molecule has 19 heteroatoms. The zero-order chi connectivity index (χ0) is 39.8. The van der Waals surface area contributed by atoms with Gasteiger partial charge < -0.3 is 35.2 Å². The fraction of sp³-hybridized carbons (Fsp3) is 0.657. The number of halogens is 6. The van der Waals surface area contributed by atoms with Crippen LogP contribution in [0.25, 0.3) is 0 Å². The van der Waals surface area contributed by atoms with Crippen LogP contribution in [-0.2, 0) is 45.8 Å². The lowest BCUT2D eigenvalue weighted by atomic mass is 9.85. The molecule has 1 aliphatic carbocycles. The number of alkyl halides is 6. The van der Waals surface area contributed by atoms with Crippen molar-refractivity contribution in [1.29, 1.82) is 0 Å². The molecule has 0 radical (unpaired) electrons. The van der Waals surface area contributed by atoms with E-state index in [1.165, 1.54) is 0 Å². The lowest BCUT2D eigenvalue weighted by molar-refractivity contribution is -0.144. The number of amides is 4. The molecule has 4 amide bonds. The second-order valence-electron chi connectivity index (χ2n) is 15.3. The van der Waals surface area contributed by atoms with Crippen molar-refractivity contribution in [3.8, 4) is 0 Å². The molecule has 1 aromatic rings. The number of ketones is 1. The van der Waals surface area contributed by atoms with E-state index in [2.05, 4.69) is 21.1 Å². The highest BCUT2D eigenvalue weighted by molar-refractivity contribution is 6.38. The molecule has 0 aromatic heterocycles. The van der Waals surface area contributed by atoms with Gasteiger partial charge in [0.1, 0.15) is 18.2 Å². The van der Waals surface area contributed by atoms with Crippen LogP contribution in [-0.4, -0.2) is 95.8 Å². The van der Waals surface area contributed by atoms with E-state index in [4.69, 9.17) is 14.3 Å². The van der Waals surface area contributed by atoms with Crippen LogP contribution < -0.4 is 16.0 Å². The van der Waals surface area contributed by atoms with Gasteiger partial charge in [0, 0.05) is 30.9 Å². The minimum atomic E-state index is -5.13. The summed E-state index contributed by atoms with van der Waals surface area (Å²) in [6.07, 6.45) is -10.2. The lowest BCUT2D eigenvalue weighted by Crippen LogP contribution is -2.59. The molecule has 5 rings (SSSR count). The molecule has 3 aliphatic heterocycles. The number of rotatable bonds is 11. The maximum absolute atomic E-state index is 14.4. The summed E-state index contributed by atoms with van der Waals surface area (Å²) in [5.41, 5.74) is -6.55. The quantitative estimate of drug-likeness (QED) is 0.222. The number of hydrogen-bond acceptors (Lipinski definition) is 9. The van der Waals surface area contributed by atoms with E-state index in [1.807, 2.05) is 0 Å². The first-order chi connectivity index (χ1) is 25.1. The predicted octanol–water partition coefficient (Wildman–Crippen LogP) is 4.25. The Morgan fingerprint density at radius 1 is 0.981 bits per heavy atom. The normalized spacial score (nSPS) is 24.0. The summed E-state index contributed by atoms with van der Waals surface area (Å²) in [7, 11) is 0. The Balaban J connectivity index is 1.44. The zero-order valence-corrected chi connectivity index (χ0v) is 30.1. The molecule has 4 aliphatic rings. The number of oxime groups is 1. The van der Waals surface area contributed by atoms with Crippen molar-refractivity contribution >= 4 is 35.3 Å². The first-order valence-corrected chi connectivity index (χ1v) is 17.7. The van der Waals surface area contributed by atoms with Crippen LogP contribution in [0.15, 0.2) is 23.4 Å². The molecule has 3 heterocycles. The number of carbonyl (C=O) groups is 5. The van der Waals surface area contributed by atoms with Gasteiger partial charge in [-0.1, -0.05) is 39.3 Å². The smallest absolute Gasteiger partial charge is 0.416 e. The SMILES string of the molecule is CCC[C@H](NC(=O)[C@@H]1C[C@@]2(CC(c3cc(C(F)(F)F)cc(C(F)(F)F)c3)=NO2)CN1C(=O)[C@@H](NC(=O)O[C@H]1CCOC1)C(C)(C)C)C(=O)C(=O)NC1CC1. The summed E-state index contributed by atoms with van der Waals surface area (Å²) in [6, 6.07) is -3.19. The van der Waals surface area contributed by atoms with Crippen molar-refractivity contribution in [3.63, 3.8) is 0 Å². The van der Waals surface area contributed by atoms with Gasteiger partial charge in [0.15, 0.2) is 5.60 Å². The van der Waals surface area contributed by atoms with Crippen LogP contribution in [0.1, 0.15) is 89.3 Å². The molecule has 1 aromatic carbocycles. The highest BCUT2D eigenvalue weighted by Gasteiger charge is 2.56. The number of nitrogens with one attached hydrogen (secondary N) is 3. The topological polar surface area (TPSA) is 165 Å². The molecule has 5 atom stereocenters. The maximum Gasteiger partial charge on any atom is 0.416 e. The molecule has 1 saturated carbocycles. The van der Waals surface area contributed by atoms with Gasteiger partial charge >= 0.3 is 18.4 Å². The molecule has 2 saturated heterocycles. The van der Waals surface area contributed by atoms with Crippen LogP contribution in [0.4, 0.5) is 31.1 Å². The summed E-state index contributed by atoms with van der Waals surface area (Å²) < 4.78 is 92.7. The Morgan fingerprint density at radius 3 is 2.17 bits per heavy atom. The third-order valence-corrected chi connectivity index (χ3v) is 9.63. The van der Waals surface area contributed by atoms with E-state index in [1.54, 1.807) is 27.7 Å². The Hall–Kier alpha value is -4.42. The van der Waals surface area contributed by atoms with Gasteiger partial charge in [0.2, 0.25) is 17.6 Å². The fourth-order valence-electron chi connectivity index (χ4n) is 6.60. The minimum absolute atomic E-state index is 0.0186. The van der Waals surface area contributed by atoms with Crippen molar-refractivity contribution in [1.82, 2.24) is 20.9 Å². The monoisotopic (exact) mass is 775 g/mol. The van der Waals surface area contributed by atoms with Crippen LogP contribution in [0.2, 0.25) is 0 Å². The van der Waals surface area contributed by atoms with Crippen molar-refractivity contribution in [3.05, 3.63) is 34.9 Å². The van der Waals surface area contributed by atoms with E-state index in [0.717, 1.165) is 4.90 Å². The molecule has 3 fully saturated rings. The van der Waals surface area contributed by atoms with E-state index < -0.39 is 107 Å². The molecule has 54 heavy (non-hydrogen) atoms. The molecular weight excluding hydrogens is 732 g/mol. The average Bonchev–Trinajstić information content (AvgIpc) is 3.42. The third-order valence-electron chi connectivity index (χ3n) is 9.63. The van der Waals surface area contributed by atoms with Crippen LogP contribution >= 0.6 is 0 Å². The van der Waals surface area contributed by atoms with Crippen molar-refractivity contribution in [2.24, 2.45) is 10.6 Å². The molecule has 13 nitrogen and oxygen atoms in total. The van der Waals surface area contributed by atoms with Gasteiger partial charge in [-0.05, 0) is 42.9 Å². The fourth-order valence-corrected chi connectivity index (χ4v) is 6.60. The lowest BCUT2D eigenvalue weighted by Gasteiger charge is -2.35. The summed E-state index contributed by atoms with van der Waals surface area (Å²) in [5.74, 6) is -3.45. The van der Waals surface area contributed by atoms with Gasteiger partial charge in [0.05, 0.1) is 42.6 Å². The third kappa shape index (κ3) is 9.62. The molecule has 298 valence electrons. The number of hydrogen-bond donors (Lipinski definition) is 3. The van der Waals surface area contributed by atoms with Gasteiger partial charge in [-0.3, -0.25) is 19.2 Å². The van der Waals surface area contributed by atoms with Crippen LogP contribution in [0.5, 0.6) is 0 Å². The summed E-state index contributed by atoms with van der Waals surface area (Å²) in [4.78, 5) is 74.0. The first-order valence-electron chi connectivity index (χ1n) is 17.7. The molecule has 1 spiro atoms.